The molecule has 2 aromatic heterocycles. The molecule has 0 aliphatic heterocycles. The predicted molar refractivity (Wildman–Crippen MR) is 205 cm³/mol. The zero-order chi connectivity index (χ0) is 38.8. The van der Waals surface area contributed by atoms with Crippen LogP contribution in [0.1, 0.15) is 0 Å². The average molecular weight is 783 g/mol. The van der Waals surface area contributed by atoms with E-state index in [4.69, 9.17) is 35.4 Å². The molecule has 0 radical (unpaired) electrons. The molecule has 0 aliphatic rings. The average Bonchev–Trinajstić information content (AvgIpc) is 3.70. The van der Waals surface area contributed by atoms with Crippen molar-refractivity contribution in [2.24, 2.45) is 14.1 Å². The molecule has 4 aromatic carbocycles. The fourth-order valence-electron chi connectivity index (χ4n) is 4.69. The molecule has 0 bridgehead atoms. The minimum atomic E-state index is -3.81. The van der Waals surface area contributed by atoms with Gasteiger partial charge in [-0.15, -0.1) is 0 Å². The Morgan fingerprint density at radius 2 is 1.02 bits per heavy atom. The lowest BCUT2D eigenvalue weighted by molar-refractivity contribution is 0.354. The molecule has 6 rings (SSSR count). The lowest BCUT2D eigenvalue weighted by atomic mass is 10.2. The number of aromatic nitrogens is 4. The molecule has 17 heteroatoms. The van der Waals surface area contributed by atoms with Crippen molar-refractivity contribution in [3.8, 4) is 45.5 Å². The van der Waals surface area contributed by atoms with E-state index >= 15 is 0 Å². The largest absolute Gasteiger partial charge is 0.493 e. The third-order valence-corrected chi connectivity index (χ3v) is 10.2. The van der Waals surface area contributed by atoms with Gasteiger partial charge in [0.05, 0.1) is 49.6 Å². The predicted octanol–water partition coefficient (Wildman–Crippen LogP) is 6.21. The molecule has 0 amide bonds. The van der Waals surface area contributed by atoms with E-state index in [-0.39, 0.29) is 9.79 Å². The van der Waals surface area contributed by atoms with Crippen molar-refractivity contribution in [2.45, 2.75) is 9.79 Å². The zero-order valence-electron chi connectivity index (χ0n) is 29.7. The van der Waals surface area contributed by atoms with Gasteiger partial charge < -0.3 is 24.7 Å². The highest BCUT2D eigenvalue weighted by Crippen LogP contribution is 2.32. The summed E-state index contributed by atoms with van der Waals surface area (Å²) in [6.07, 6.45) is 0. The summed E-state index contributed by atoms with van der Waals surface area (Å²) in [4.78, 5) is 0.0504. The number of nitrogens with zero attached hydrogens (tertiary/aromatic N) is 4. The first-order chi connectivity index (χ1) is 25.2. The number of hydrogen-bond acceptors (Lipinski definition) is 11. The molecular formula is C36H39ClN6O8S2. The van der Waals surface area contributed by atoms with Crippen LogP contribution in [-0.2, 0) is 33.2 Å². The number of nitrogen functional groups attached to an aromatic ring is 1. The second-order valence-corrected chi connectivity index (χ2v) is 15.2. The van der Waals surface area contributed by atoms with Crippen LogP contribution in [0.25, 0.3) is 22.5 Å². The maximum absolute atomic E-state index is 12.7. The Morgan fingerprint density at radius 1 is 0.585 bits per heavy atom. The van der Waals surface area contributed by atoms with Gasteiger partial charge in [0, 0.05) is 60.2 Å². The first kappa shape index (κ1) is 40.1. The van der Waals surface area contributed by atoms with Gasteiger partial charge in [0.25, 0.3) is 19.1 Å². The number of aryl methyl sites for hydroxylation is 2. The molecule has 0 fully saturated rings. The van der Waals surface area contributed by atoms with Crippen molar-refractivity contribution in [1.82, 2.24) is 19.6 Å². The number of halogens is 1. The smallest absolute Gasteiger partial charge is 0.263 e. The normalized spacial score (nSPS) is 10.9. The third kappa shape index (κ3) is 10.4. The molecular weight excluding hydrogens is 744 g/mol. The number of ether oxygens (including phenoxy) is 4. The van der Waals surface area contributed by atoms with Gasteiger partial charge >= 0.3 is 0 Å². The topological polar surface area (TPSA) is 179 Å². The number of nitrogens with two attached hydrogens (primary N) is 1. The van der Waals surface area contributed by atoms with E-state index in [1.807, 2.05) is 73.8 Å². The molecule has 53 heavy (non-hydrogen) atoms. The highest BCUT2D eigenvalue weighted by molar-refractivity contribution is 8.13. The Balaban J connectivity index is 0.000000196. The van der Waals surface area contributed by atoms with Gasteiger partial charge in [-0.05, 0) is 24.3 Å². The minimum absolute atomic E-state index is 0.0168. The quantitative estimate of drug-likeness (QED) is 0.151. The maximum Gasteiger partial charge on any atom is 0.263 e. The van der Waals surface area contributed by atoms with Crippen LogP contribution in [0.15, 0.2) is 119 Å². The molecule has 6 aromatic rings. The zero-order valence-corrected chi connectivity index (χ0v) is 32.1. The molecule has 2 heterocycles. The van der Waals surface area contributed by atoms with Gasteiger partial charge in [-0.25, -0.2) is 16.8 Å². The summed E-state index contributed by atoms with van der Waals surface area (Å²) in [5.41, 5.74) is 9.27. The van der Waals surface area contributed by atoms with Crippen LogP contribution in [0, 0.1) is 0 Å². The molecule has 0 aliphatic carbocycles. The summed E-state index contributed by atoms with van der Waals surface area (Å²) in [7, 11) is 6.97. The second-order valence-electron chi connectivity index (χ2n) is 10.9. The minimum Gasteiger partial charge on any atom is -0.493 e. The molecule has 14 nitrogen and oxygen atoms in total. The maximum atomic E-state index is 12.7. The summed E-state index contributed by atoms with van der Waals surface area (Å²) in [5, 5.41) is 8.64. The molecule has 0 saturated carbocycles. The van der Waals surface area contributed by atoms with Crippen molar-refractivity contribution in [1.29, 1.82) is 0 Å². The van der Waals surface area contributed by atoms with Crippen LogP contribution in [0.2, 0.25) is 0 Å². The SMILES string of the molecule is COc1ccc(S(=O)(=O)Cl)cc1OC.COc1ccc(S(=O)(=O)Nc2cc(-c3ccccc3)nn2C)cc1OC.Cn1nc(-c2ccccc2)cc1N. The van der Waals surface area contributed by atoms with E-state index in [0.29, 0.717) is 40.3 Å². The van der Waals surface area contributed by atoms with Crippen LogP contribution >= 0.6 is 10.7 Å². The summed E-state index contributed by atoms with van der Waals surface area (Å²) < 4.78 is 73.3. The Bertz CT molecular complexity index is 2330. The summed E-state index contributed by atoms with van der Waals surface area (Å²) in [5.74, 6) is 2.62. The van der Waals surface area contributed by atoms with Crippen LogP contribution < -0.4 is 29.4 Å². The fraction of sp³-hybridized carbons (Fsp3) is 0.167. The van der Waals surface area contributed by atoms with E-state index in [2.05, 4.69) is 14.9 Å². The van der Waals surface area contributed by atoms with Crippen molar-refractivity contribution < 1.29 is 35.8 Å². The van der Waals surface area contributed by atoms with Gasteiger partial charge in [-0.3, -0.25) is 14.1 Å². The number of rotatable bonds is 10. The molecule has 280 valence electrons. The molecule has 3 N–H and O–H groups in total. The standard InChI is InChI=1S/C18H19N3O4S.C10H11N3.C8H9ClO4S/c1-21-18(12-15(19-21)13-7-5-4-6-8-13)20-26(22,23)14-9-10-16(24-2)17(11-14)25-3;1-13-10(11)7-9(12-13)8-5-3-2-4-6-8;1-12-7-4-3-6(14(9,10)11)5-8(7)13-2/h4-12,20H,1-3H3;2-7H,11H2,1H3;3-5H,1-2H3. The number of anilines is 2. The first-order valence-electron chi connectivity index (χ1n) is 15.6. The van der Waals surface area contributed by atoms with Crippen molar-refractivity contribution >= 4 is 41.4 Å². The molecule has 0 saturated heterocycles. The van der Waals surface area contributed by atoms with Gasteiger partial charge in [0.15, 0.2) is 23.0 Å². The number of sulfonamides is 1. The Hall–Kier alpha value is -5.71. The van der Waals surface area contributed by atoms with Crippen molar-refractivity contribution in [3.05, 3.63) is 109 Å². The lowest BCUT2D eigenvalue weighted by Crippen LogP contribution is -2.15. The Morgan fingerprint density at radius 3 is 1.45 bits per heavy atom. The summed E-state index contributed by atoms with van der Waals surface area (Å²) in [6.45, 7) is 0. The fourth-order valence-corrected chi connectivity index (χ4v) is 6.55. The van der Waals surface area contributed by atoms with Crippen molar-refractivity contribution in [3.63, 3.8) is 0 Å². The molecule has 0 atom stereocenters. The van der Waals surface area contributed by atoms with Crippen LogP contribution in [-0.4, -0.2) is 64.8 Å². The summed E-state index contributed by atoms with van der Waals surface area (Å²) >= 11 is 0. The van der Waals surface area contributed by atoms with Gasteiger partial charge in [0.1, 0.15) is 11.6 Å². The number of nitrogens with one attached hydrogen (secondary N) is 1. The van der Waals surface area contributed by atoms with E-state index in [1.165, 1.54) is 63.5 Å². The number of methoxy groups -OCH3 is 4. The Labute approximate surface area is 313 Å². The van der Waals surface area contributed by atoms with Gasteiger partial charge in [-0.2, -0.15) is 10.2 Å². The highest BCUT2D eigenvalue weighted by Gasteiger charge is 2.20. The van der Waals surface area contributed by atoms with E-state index in [9.17, 15) is 16.8 Å². The van der Waals surface area contributed by atoms with Gasteiger partial charge in [0.2, 0.25) is 0 Å². The lowest BCUT2D eigenvalue weighted by Gasteiger charge is -2.11. The second kappa shape index (κ2) is 17.7. The first-order valence-corrected chi connectivity index (χ1v) is 19.4. The van der Waals surface area contributed by atoms with Crippen LogP contribution in [0.5, 0.6) is 23.0 Å². The van der Waals surface area contributed by atoms with Crippen LogP contribution in [0.4, 0.5) is 11.6 Å². The molecule has 0 unspecified atom stereocenters. The van der Waals surface area contributed by atoms with E-state index in [0.717, 1.165) is 16.8 Å². The highest BCUT2D eigenvalue weighted by atomic mass is 35.7. The van der Waals surface area contributed by atoms with Crippen LogP contribution in [0.3, 0.4) is 0 Å². The number of hydrogen-bond donors (Lipinski definition) is 2. The summed E-state index contributed by atoms with van der Waals surface area (Å²) in [6, 6.07) is 31.6. The third-order valence-electron chi connectivity index (χ3n) is 7.48. The molecule has 0 spiro atoms. The monoisotopic (exact) mass is 782 g/mol. The van der Waals surface area contributed by atoms with E-state index in [1.54, 1.807) is 23.9 Å². The van der Waals surface area contributed by atoms with Gasteiger partial charge in [-0.1, -0.05) is 60.7 Å². The number of benzene rings is 4. The van der Waals surface area contributed by atoms with E-state index < -0.39 is 19.1 Å². The van der Waals surface area contributed by atoms with Crippen molar-refractivity contribution in [2.75, 3.05) is 38.9 Å². The Kier molecular flexibility index (Phi) is 13.4.